The van der Waals surface area contributed by atoms with Crippen molar-refractivity contribution >= 4 is 11.9 Å². The Morgan fingerprint density at radius 2 is 2.12 bits per heavy atom. The predicted octanol–water partition coefficient (Wildman–Crippen LogP) is 0.396. The van der Waals surface area contributed by atoms with E-state index in [2.05, 4.69) is 10.1 Å². The summed E-state index contributed by atoms with van der Waals surface area (Å²) in [5.41, 5.74) is 0. The number of piperidine rings is 1. The van der Waals surface area contributed by atoms with Gasteiger partial charge in [0.25, 0.3) is 0 Å². The van der Waals surface area contributed by atoms with Crippen molar-refractivity contribution in [3.05, 3.63) is 0 Å². The van der Waals surface area contributed by atoms with Gasteiger partial charge >= 0.3 is 5.97 Å². The molecule has 0 aromatic rings. The van der Waals surface area contributed by atoms with Gasteiger partial charge in [0.15, 0.2) is 0 Å². The third-order valence-corrected chi connectivity index (χ3v) is 3.38. The van der Waals surface area contributed by atoms with E-state index in [9.17, 15) is 9.59 Å². The minimum absolute atomic E-state index is 0.105. The third kappa shape index (κ3) is 4.34. The number of amides is 1. The standard InChI is InChI=1S/C12H22N2O3/c1-9(15)14-7-10(4-5-12(16)17-3)6-11(8-14)13-2/h10-11,13H,4-8H2,1-3H3. The number of esters is 1. The van der Waals surface area contributed by atoms with E-state index in [-0.39, 0.29) is 11.9 Å². The van der Waals surface area contributed by atoms with E-state index in [1.165, 1.54) is 7.11 Å². The number of hydrogen-bond donors (Lipinski definition) is 1. The first-order valence-electron chi connectivity index (χ1n) is 6.06. The van der Waals surface area contributed by atoms with E-state index >= 15 is 0 Å². The highest BCUT2D eigenvalue weighted by Gasteiger charge is 2.27. The topological polar surface area (TPSA) is 58.6 Å². The van der Waals surface area contributed by atoms with Crippen LogP contribution in [0.2, 0.25) is 0 Å². The van der Waals surface area contributed by atoms with Crippen LogP contribution in [0.15, 0.2) is 0 Å². The SMILES string of the molecule is CNC1CC(CCC(=O)OC)CN(C(C)=O)C1. The van der Waals surface area contributed by atoms with Gasteiger partial charge in [-0.3, -0.25) is 9.59 Å². The van der Waals surface area contributed by atoms with Crippen LogP contribution in [0, 0.1) is 5.92 Å². The first-order valence-corrected chi connectivity index (χ1v) is 6.06. The van der Waals surface area contributed by atoms with E-state index in [0.29, 0.717) is 18.4 Å². The van der Waals surface area contributed by atoms with Crippen molar-refractivity contribution in [1.82, 2.24) is 10.2 Å². The van der Waals surface area contributed by atoms with E-state index < -0.39 is 0 Å². The summed E-state index contributed by atoms with van der Waals surface area (Å²) in [6.07, 6.45) is 2.23. The van der Waals surface area contributed by atoms with Gasteiger partial charge in [0.2, 0.25) is 5.91 Å². The minimum atomic E-state index is -0.175. The molecule has 1 heterocycles. The minimum Gasteiger partial charge on any atom is -0.469 e. The van der Waals surface area contributed by atoms with Gasteiger partial charge in [0, 0.05) is 32.5 Å². The van der Waals surface area contributed by atoms with Crippen molar-refractivity contribution in [2.24, 2.45) is 5.92 Å². The zero-order valence-corrected chi connectivity index (χ0v) is 10.9. The smallest absolute Gasteiger partial charge is 0.305 e. The second-order valence-electron chi connectivity index (χ2n) is 4.63. The molecule has 1 aliphatic rings. The highest BCUT2D eigenvalue weighted by Crippen LogP contribution is 2.21. The van der Waals surface area contributed by atoms with Crippen LogP contribution in [0.1, 0.15) is 26.2 Å². The number of likely N-dealkylation sites (tertiary alicyclic amines) is 1. The number of nitrogens with zero attached hydrogens (tertiary/aromatic N) is 1. The number of rotatable bonds is 4. The van der Waals surface area contributed by atoms with Gasteiger partial charge in [-0.2, -0.15) is 0 Å². The molecule has 1 aliphatic heterocycles. The Morgan fingerprint density at radius 3 is 2.65 bits per heavy atom. The first-order chi connectivity index (χ1) is 8.06. The molecule has 5 heteroatoms. The number of nitrogens with one attached hydrogen (secondary N) is 1. The first kappa shape index (κ1) is 14.0. The maximum atomic E-state index is 11.4. The average Bonchev–Trinajstić information content (AvgIpc) is 2.35. The Kier molecular flexibility index (Phi) is 5.41. The lowest BCUT2D eigenvalue weighted by Crippen LogP contribution is -2.49. The lowest BCUT2D eigenvalue weighted by molar-refractivity contribution is -0.141. The molecule has 5 nitrogen and oxygen atoms in total. The van der Waals surface area contributed by atoms with Gasteiger partial charge in [-0.15, -0.1) is 0 Å². The monoisotopic (exact) mass is 242 g/mol. The molecular formula is C12H22N2O3. The Morgan fingerprint density at radius 1 is 1.41 bits per heavy atom. The van der Waals surface area contributed by atoms with Gasteiger partial charge in [-0.1, -0.05) is 0 Å². The van der Waals surface area contributed by atoms with Crippen molar-refractivity contribution in [2.75, 3.05) is 27.2 Å². The van der Waals surface area contributed by atoms with Crippen molar-refractivity contribution in [1.29, 1.82) is 0 Å². The number of carbonyl (C=O) groups excluding carboxylic acids is 2. The molecule has 17 heavy (non-hydrogen) atoms. The van der Waals surface area contributed by atoms with Crippen molar-refractivity contribution in [3.8, 4) is 0 Å². The summed E-state index contributed by atoms with van der Waals surface area (Å²) >= 11 is 0. The molecule has 0 saturated carbocycles. The lowest BCUT2D eigenvalue weighted by atomic mass is 9.90. The van der Waals surface area contributed by atoms with Gasteiger partial charge in [0.1, 0.15) is 0 Å². The largest absolute Gasteiger partial charge is 0.469 e. The molecule has 1 saturated heterocycles. The van der Waals surface area contributed by atoms with Gasteiger partial charge in [-0.05, 0) is 25.8 Å². The van der Waals surface area contributed by atoms with Crippen molar-refractivity contribution < 1.29 is 14.3 Å². The number of carbonyl (C=O) groups is 2. The number of hydrogen-bond acceptors (Lipinski definition) is 4. The van der Waals surface area contributed by atoms with Crippen LogP contribution in [-0.2, 0) is 14.3 Å². The van der Waals surface area contributed by atoms with Gasteiger partial charge < -0.3 is 15.0 Å². The number of ether oxygens (including phenoxy) is 1. The lowest BCUT2D eigenvalue weighted by Gasteiger charge is -2.37. The third-order valence-electron chi connectivity index (χ3n) is 3.38. The van der Waals surface area contributed by atoms with Crippen molar-refractivity contribution in [2.45, 2.75) is 32.2 Å². The summed E-state index contributed by atoms with van der Waals surface area (Å²) < 4.78 is 4.63. The fraction of sp³-hybridized carbons (Fsp3) is 0.833. The normalized spacial score (nSPS) is 24.5. The molecular weight excluding hydrogens is 220 g/mol. The molecule has 2 atom stereocenters. The Balaban J connectivity index is 2.47. The molecule has 0 aromatic heterocycles. The van der Waals surface area contributed by atoms with Crippen LogP contribution in [-0.4, -0.2) is 50.1 Å². The summed E-state index contributed by atoms with van der Waals surface area (Å²) in [6.45, 7) is 3.11. The second kappa shape index (κ2) is 6.59. The molecule has 1 N–H and O–H groups in total. The van der Waals surface area contributed by atoms with E-state index in [4.69, 9.17) is 0 Å². The fourth-order valence-electron chi connectivity index (χ4n) is 2.30. The molecule has 98 valence electrons. The van der Waals surface area contributed by atoms with Crippen LogP contribution in [0.4, 0.5) is 0 Å². The molecule has 0 radical (unpaired) electrons. The Bertz CT molecular complexity index is 281. The molecule has 0 aliphatic carbocycles. The molecule has 1 fully saturated rings. The molecule has 2 unspecified atom stereocenters. The van der Waals surface area contributed by atoms with Crippen LogP contribution in [0.25, 0.3) is 0 Å². The molecule has 0 aromatic carbocycles. The highest BCUT2D eigenvalue weighted by atomic mass is 16.5. The molecule has 1 rings (SSSR count). The summed E-state index contributed by atoms with van der Waals surface area (Å²) in [5.74, 6) is 0.308. The van der Waals surface area contributed by atoms with Crippen LogP contribution in [0.3, 0.4) is 0 Å². The fourth-order valence-corrected chi connectivity index (χ4v) is 2.30. The molecule has 0 bridgehead atoms. The van der Waals surface area contributed by atoms with Crippen LogP contribution < -0.4 is 5.32 Å². The average molecular weight is 242 g/mol. The summed E-state index contributed by atoms with van der Waals surface area (Å²) in [4.78, 5) is 24.4. The van der Waals surface area contributed by atoms with Crippen LogP contribution >= 0.6 is 0 Å². The second-order valence-corrected chi connectivity index (χ2v) is 4.63. The molecule has 0 spiro atoms. The molecule has 1 amide bonds. The van der Waals surface area contributed by atoms with E-state index in [1.54, 1.807) is 6.92 Å². The predicted molar refractivity (Wildman–Crippen MR) is 64.5 cm³/mol. The van der Waals surface area contributed by atoms with Crippen LogP contribution in [0.5, 0.6) is 0 Å². The summed E-state index contributed by atoms with van der Waals surface area (Å²) in [7, 11) is 3.31. The number of likely N-dealkylation sites (N-methyl/N-ethyl adjacent to an activating group) is 1. The quantitative estimate of drug-likeness (QED) is 0.725. The maximum Gasteiger partial charge on any atom is 0.305 e. The van der Waals surface area contributed by atoms with Crippen molar-refractivity contribution in [3.63, 3.8) is 0 Å². The Labute approximate surface area is 102 Å². The Hall–Kier alpha value is -1.10. The van der Waals surface area contributed by atoms with Gasteiger partial charge in [-0.25, -0.2) is 0 Å². The van der Waals surface area contributed by atoms with Gasteiger partial charge in [0.05, 0.1) is 7.11 Å². The number of methoxy groups -OCH3 is 1. The van der Waals surface area contributed by atoms with E-state index in [1.807, 2.05) is 11.9 Å². The zero-order valence-electron chi connectivity index (χ0n) is 10.9. The summed E-state index contributed by atoms with van der Waals surface area (Å²) in [5, 5.41) is 3.21. The van der Waals surface area contributed by atoms with E-state index in [0.717, 1.165) is 25.9 Å². The highest BCUT2D eigenvalue weighted by molar-refractivity contribution is 5.73. The summed E-state index contributed by atoms with van der Waals surface area (Å²) in [6, 6.07) is 0.329. The zero-order chi connectivity index (χ0) is 12.8. The maximum absolute atomic E-state index is 11.4.